The molecule has 36 heavy (non-hydrogen) atoms. The van der Waals surface area contributed by atoms with Crippen molar-refractivity contribution >= 4 is 50.6 Å². The first-order chi connectivity index (χ1) is 17.5. The molecule has 1 unspecified atom stereocenters. The van der Waals surface area contributed by atoms with Crippen molar-refractivity contribution in [3.8, 4) is 6.07 Å². The quantitative estimate of drug-likeness (QED) is 0.371. The van der Waals surface area contributed by atoms with E-state index in [1.54, 1.807) is 0 Å². The van der Waals surface area contributed by atoms with Crippen molar-refractivity contribution < 1.29 is 9.59 Å². The van der Waals surface area contributed by atoms with Crippen LogP contribution in [0.15, 0.2) is 54.6 Å². The van der Waals surface area contributed by atoms with Crippen LogP contribution in [0.4, 0.5) is 10.8 Å². The fraction of sp³-hybridized carbons (Fsp3) is 0.259. The molecule has 1 fully saturated rings. The van der Waals surface area contributed by atoms with Gasteiger partial charge in [-0.3, -0.25) is 9.59 Å². The molecule has 1 aliphatic carbocycles. The van der Waals surface area contributed by atoms with E-state index in [1.165, 1.54) is 23.1 Å². The Morgan fingerprint density at radius 3 is 2.67 bits per heavy atom. The predicted molar refractivity (Wildman–Crippen MR) is 144 cm³/mol. The predicted octanol–water partition coefficient (Wildman–Crippen LogP) is 5.39. The molecule has 3 N–H and O–H groups in total. The van der Waals surface area contributed by atoms with E-state index in [9.17, 15) is 14.9 Å². The van der Waals surface area contributed by atoms with Crippen LogP contribution in [0.5, 0.6) is 0 Å². The molecule has 3 aromatic rings. The van der Waals surface area contributed by atoms with Crippen LogP contribution in [0.1, 0.15) is 56.1 Å². The van der Waals surface area contributed by atoms with Gasteiger partial charge in [0.25, 0.3) is 11.8 Å². The molecule has 5 rings (SSSR count). The van der Waals surface area contributed by atoms with Gasteiger partial charge in [0.05, 0.1) is 11.3 Å². The average Bonchev–Trinajstić information content (AvgIpc) is 3.40. The van der Waals surface area contributed by atoms with Crippen LogP contribution in [0.2, 0.25) is 0 Å². The number of carbonyl (C=O) groups is 2. The summed E-state index contributed by atoms with van der Waals surface area (Å²) in [4.78, 5) is 31.8. The highest BCUT2D eigenvalue weighted by Crippen LogP contribution is 2.42. The molecular weight excluding hydrogens is 490 g/mol. The van der Waals surface area contributed by atoms with E-state index in [0.29, 0.717) is 34.2 Å². The molecule has 7 nitrogen and oxygen atoms in total. The standard InChI is InChI=1S/C27H25N5O2S2/c1-16-7-8-18(25(33)30-19-9-10-19)13-21(16)31-27-32-23(22-12-11-20(14-28)35-22)24(36-27)26(34)29-15-17-5-3-2-4-6-17/h2-8,12-13,19-20H,9-11,15H2,1H3,(H,29,34)(H,30,33)(H,31,32). The van der Waals surface area contributed by atoms with Crippen molar-refractivity contribution in [1.82, 2.24) is 15.6 Å². The van der Waals surface area contributed by atoms with Crippen molar-refractivity contribution in [3.05, 3.63) is 81.9 Å². The Balaban J connectivity index is 1.40. The maximum atomic E-state index is 13.2. The third-order valence-corrected chi connectivity index (χ3v) is 8.11. The number of amides is 2. The zero-order valence-corrected chi connectivity index (χ0v) is 21.3. The van der Waals surface area contributed by atoms with E-state index in [-0.39, 0.29) is 23.1 Å². The molecule has 2 amide bonds. The Bertz CT molecular complexity index is 1370. The molecule has 2 aliphatic rings. The number of aryl methyl sites for hydroxylation is 1. The molecule has 182 valence electrons. The molecule has 0 saturated heterocycles. The Morgan fingerprint density at radius 2 is 1.94 bits per heavy atom. The van der Waals surface area contributed by atoms with Crippen LogP contribution in [0.25, 0.3) is 4.91 Å². The van der Waals surface area contributed by atoms with E-state index < -0.39 is 0 Å². The van der Waals surface area contributed by atoms with Gasteiger partial charge in [0, 0.05) is 28.7 Å². The number of carbonyl (C=O) groups excluding carboxylic acids is 2. The SMILES string of the molecule is Cc1ccc(C(=O)NC2CC2)cc1Nc1nc(C2=CCC(C#N)S2)c(C(=O)NCc2ccccc2)s1. The second-order valence-corrected chi connectivity index (χ2v) is 11.1. The van der Waals surface area contributed by atoms with Crippen LogP contribution < -0.4 is 16.0 Å². The summed E-state index contributed by atoms with van der Waals surface area (Å²) in [7, 11) is 0. The van der Waals surface area contributed by atoms with Crippen LogP contribution in [0.3, 0.4) is 0 Å². The summed E-state index contributed by atoms with van der Waals surface area (Å²) in [6.45, 7) is 2.36. The van der Waals surface area contributed by atoms with Crippen molar-refractivity contribution in [1.29, 1.82) is 5.26 Å². The van der Waals surface area contributed by atoms with Crippen molar-refractivity contribution in [3.63, 3.8) is 0 Å². The number of nitrogens with one attached hydrogen (secondary N) is 3. The number of hydrogen-bond acceptors (Lipinski definition) is 7. The minimum atomic E-state index is -0.212. The Kier molecular flexibility index (Phi) is 7.07. The number of nitriles is 1. The Hall–Kier alpha value is -3.61. The number of nitrogens with zero attached hydrogens (tertiary/aromatic N) is 2. The van der Waals surface area contributed by atoms with Crippen LogP contribution in [-0.2, 0) is 6.54 Å². The molecule has 0 radical (unpaired) electrons. The van der Waals surface area contributed by atoms with Crippen molar-refractivity contribution in [2.45, 2.75) is 44.0 Å². The highest BCUT2D eigenvalue weighted by Gasteiger charge is 2.27. The highest BCUT2D eigenvalue weighted by molar-refractivity contribution is 8.09. The molecule has 9 heteroatoms. The third-order valence-electron chi connectivity index (χ3n) is 5.95. The maximum absolute atomic E-state index is 13.2. The molecule has 2 heterocycles. The fourth-order valence-electron chi connectivity index (χ4n) is 3.76. The smallest absolute Gasteiger partial charge is 0.264 e. The number of benzene rings is 2. The molecule has 1 saturated carbocycles. The maximum Gasteiger partial charge on any atom is 0.264 e. The van der Waals surface area contributed by atoms with Gasteiger partial charge in [-0.1, -0.05) is 53.8 Å². The number of allylic oxidation sites excluding steroid dienone is 1. The highest BCUT2D eigenvalue weighted by atomic mass is 32.2. The van der Waals surface area contributed by atoms with Crippen LogP contribution >= 0.6 is 23.1 Å². The first-order valence-electron chi connectivity index (χ1n) is 11.8. The first kappa shape index (κ1) is 24.1. The molecule has 1 atom stereocenters. The number of anilines is 2. The van der Waals surface area contributed by atoms with E-state index in [2.05, 4.69) is 22.0 Å². The second kappa shape index (κ2) is 10.6. The van der Waals surface area contributed by atoms with E-state index in [1.807, 2.05) is 61.5 Å². The second-order valence-electron chi connectivity index (χ2n) is 8.81. The number of thiazole rings is 1. The Labute approximate surface area is 218 Å². The van der Waals surface area contributed by atoms with Gasteiger partial charge in [-0.05, 0) is 49.4 Å². The summed E-state index contributed by atoms with van der Waals surface area (Å²) in [5.74, 6) is -0.299. The van der Waals surface area contributed by atoms with Crippen molar-refractivity contribution in [2.24, 2.45) is 0 Å². The van der Waals surface area contributed by atoms with Gasteiger partial charge >= 0.3 is 0 Å². The summed E-state index contributed by atoms with van der Waals surface area (Å²) in [6, 6.07) is 17.8. The lowest BCUT2D eigenvalue weighted by atomic mass is 10.1. The summed E-state index contributed by atoms with van der Waals surface area (Å²) >= 11 is 2.70. The summed E-state index contributed by atoms with van der Waals surface area (Å²) in [5.41, 5.74) is 3.89. The van der Waals surface area contributed by atoms with Gasteiger partial charge in [0.15, 0.2) is 5.13 Å². The van der Waals surface area contributed by atoms with Gasteiger partial charge < -0.3 is 16.0 Å². The Morgan fingerprint density at radius 1 is 1.14 bits per heavy atom. The van der Waals surface area contributed by atoms with Gasteiger partial charge in [-0.25, -0.2) is 4.98 Å². The minimum Gasteiger partial charge on any atom is -0.349 e. The number of rotatable bonds is 8. The largest absolute Gasteiger partial charge is 0.349 e. The first-order valence-corrected chi connectivity index (χ1v) is 13.5. The normalized spacial score (nSPS) is 16.7. The lowest BCUT2D eigenvalue weighted by Crippen LogP contribution is -2.25. The van der Waals surface area contributed by atoms with E-state index in [4.69, 9.17) is 4.98 Å². The van der Waals surface area contributed by atoms with Gasteiger partial charge in [0.1, 0.15) is 10.6 Å². The average molecular weight is 516 g/mol. The zero-order chi connectivity index (χ0) is 25.1. The number of hydrogen-bond donors (Lipinski definition) is 3. The van der Waals surface area contributed by atoms with Gasteiger partial charge in [-0.2, -0.15) is 5.26 Å². The topological polar surface area (TPSA) is 107 Å². The molecule has 2 aromatic carbocycles. The summed E-state index contributed by atoms with van der Waals surface area (Å²) < 4.78 is 0. The molecular formula is C27H25N5O2S2. The number of thioether (sulfide) groups is 1. The zero-order valence-electron chi connectivity index (χ0n) is 19.7. The fourth-order valence-corrected chi connectivity index (χ4v) is 5.73. The van der Waals surface area contributed by atoms with E-state index >= 15 is 0 Å². The monoisotopic (exact) mass is 515 g/mol. The van der Waals surface area contributed by atoms with Gasteiger partial charge in [0.2, 0.25) is 0 Å². The van der Waals surface area contributed by atoms with Gasteiger partial charge in [-0.15, -0.1) is 11.8 Å². The molecule has 0 bridgehead atoms. The third kappa shape index (κ3) is 5.61. The molecule has 1 aliphatic heterocycles. The molecule has 1 aromatic heterocycles. The van der Waals surface area contributed by atoms with Crippen LogP contribution in [0, 0.1) is 18.3 Å². The lowest BCUT2D eigenvalue weighted by molar-refractivity contribution is 0.0944. The van der Waals surface area contributed by atoms with Crippen molar-refractivity contribution in [2.75, 3.05) is 5.32 Å². The summed E-state index contributed by atoms with van der Waals surface area (Å²) in [5, 5.41) is 19.0. The van der Waals surface area contributed by atoms with Crippen LogP contribution in [-0.4, -0.2) is 28.1 Å². The summed E-state index contributed by atoms with van der Waals surface area (Å²) in [6.07, 6.45) is 4.65. The lowest BCUT2D eigenvalue weighted by Gasteiger charge is -2.10. The number of aromatic nitrogens is 1. The minimum absolute atomic E-state index is 0.0867. The van der Waals surface area contributed by atoms with E-state index in [0.717, 1.165) is 34.6 Å². The molecule has 0 spiro atoms.